The fourth-order valence-corrected chi connectivity index (χ4v) is 2.13. The number of halogens is 1. The van der Waals surface area contributed by atoms with Gasteiger partial charge in [-0.05, 0) is 19.4 Å². The molecule has 5 nitrogen and oxygen atoms in total. The quantitative estimate of drug-likeness (QED) is 0.860. The Bertz CT molecular complexity index is 490. The number of nitrogens with zero attached hydrogens (tertiary/aromatic N) is 1. The van der Waals surface area contributed by atoms with Crippen LogP contribution in [0.4, 0.5) is 0 Å². The maximum Gasteiger partial charge on any atom is 0.254 e. The van der Waals surface area contributed by atoms with E-state index in [4.69, 9.17) is 11.6 Å². The molecule has 0 radical (unpaired) electrons. The van der Waals surface area contributed by atoms with Crippen LogP contribution < -0.4 is 10.6 Å². The van der Waals surface area contributed by atoms with Crippen LogP contribution in [0.15, 0.2) is 12.3 Å². The summed E-state index contributed by atoms with van der Waals surface area (Å²) in [4.78, 5) is 26.9. The number of aromatic nitrogens is 1. The second-order valence-corrected chi connectivity index (χ2v) is 4.73. The summed E-state index contributed by atoms with van der Waals surface area (Å²) in [6.45, 7) is 2.22. The fourth-order valence-electron chi connectivity index (χ4n) is 1.84. The Morgan fingerprint density at radius 1 is 1.67 bits per heavy atom. The molecule has 0 aliphatic carbocycles. The van der Waals surface area contributed by atoms with Crippen molar-refractivity contribution in [3.05, 3.63) is 28.5 Å². The minimum atomic E-state index is -0.270. The van der Waals surface area contributed by atoms with E-state index in [9.17, 15) is 9.59 Å². The molecular formula is C12H14ClN3O2. The van der Waals surface area contributed by atoms with Crippen LogP contribution in [0.1, 0.15) is 28.9 Å². The molecule has 2 amide bonds. The summed E-state index contributed by atoms with van der Waals surface area (Å²) >= 11 is 5.97. The number of hydrogen-bond acceptors (Lipinski definition) is 3. The fraction of sp³-hybridized carbons (Fsp3) is 0.417. The van der Waals surface area contributed by atoms with Crippen molar-refractivity contribution in [1.29, 1.82) is 0 Å². The van der Waals surface area contributed by atoms with Crippen molar-refractivity contribution in [2.75, 3.05) is 6.54 Å². The molecule has 0 saturated carbocycles. The van der Waals surface area contributed by atoms with Crippen LogP contribution in [0.3, 0.4) is 0 Å². The highest BCUT2D eigenvalue weighted by Crippen LogP contribution is 2.15. The summed E-state index contributed by atoms with van der Waals surface area (Å²) in [5.41, 5.74) is 1.12. The van der Waals surface area contributed by atoms with E-state index in [2.05, 4.69) is 15.6 Å². The molecule has 0 spiro atoms. The average molecular weight is 268 g/mol. The average Bonchev–Trinajstić information content (AvgIpc) is 2.72. The molecule has 1 aliphatic rings. The van der Waals surface area contributed by atoms with Crippen LogP contribution in [0, 0.1) is 6.92 Å². The summed E-state index contributed by atoms with van der Waals surface area (Å²) < 4.78 is 0. The molecule has 6 heteroatoms. The van der Waals surface area contributed by atoms with Crippen LogP contribution in [-0.4, -0.2) is 29.4 Å². The van der Waals surface area contributed by atoms with Gasteiger partial charge in [0.1, 0.15) is 0 Å². The Morgan fingerprint density at radius 3 is 3.06 bits per heavy atom. The number of carbonyl (C=O) groups excluding carboxylic acids is 2. The lowest BCUT2D eigenvalue weighted by atomic mass is 10.2. The zero-order chi connectivity index (χ0) is 13.1. The normalized spacial score (nSPS) is 18.6. The van der Waals surface area contributed by atoms with Gasteiger partial charge in [0.05, 0.1) is 10.6 Å². The minimum Gasteiger partial charge on any atom is -0.352 e. The highest BCUT2D eigenvalue weighted by atomic mass is 35.5. The zero-order valence-corrected chi connectivity index (χ0v) is 10.8. The molecule has 1 atom stereocenters. The standard InChI is InChI=1S/C12H14ClN3O2/c1-7-4-10(13)9(6-14-7)12(18)15-5-8-2-3-11(17)16-8/h4,6,8H,2-3,5H2,1H3,(H,15,18)(H,16,17). The molecule has 2 N–H and O–H groups in total. The van der Waals surface area contributed by atoms with Gasteiger partial charge in [-0.1, -0.05) is 11.6 Å². The van der Waals surface area contributed by atoms with Gasteiger partial charge < -0.3 is 10.6 Å². The first-order valence-electron chi connectivity index (χ1n) is 5.76. The van der Waals surface area contributed by atoms with Gasteiger partial charge in [-0.2, -0.15) is 0 Å². The zero-order valence-electron chi connectivity index (χ0n) is 10.00. The Balaban J connectivity index is 1.93. The van der Waals surface area contributed by atoms with Gasteiger partial charge in [-0.15, -0.1) is 0 Å². The lowest BCUT2D eigenvalue weighted by Gasteiger charge is -2.11. The smallest absolute Gasteiger partial charge is 0.254 e. The van der Waals surface area contributed by atoms with Crippen LogP contribution in [0.25, 0.3) is 0 Å². The van der Waals surface area contributed by atoms with Gasteiger partial charge in [-0.25, -0.2) is 0 Å². The largest absolute Gasteiger partial charge is 0.352 e. The summed E-state index contributed by atoms with van der Waals surface area (Å²) in [5.74, 6) is -0.238. The highest BCUT2D eigenvalue weighted by Gasteiger charge is 2.21. The Morgan fingerprint density at radius 2 is 2.44 bits per heavy atom. The molecule has 96 valence electrons. The van der Waals surface area contributed by atoms with Gasteiger partial charge in [0.2, 0.25) is 5.91 Å². The number of amides is 2. The van der Waals surface area contributed by atoms with E-state index in [1.165, 1.54) is 6.20 Å². The third kappa shape index (κ3) is 2.98. The first-order chi connectivity index (χ1) is 8.56. The molecule has 0 bridgehead atoms. The predicted molar refractivity (Wildman–Crippen MR) is 67.5 cm³/mol. The molecule has 18 heavy (non-hydrogen) atoms. The van der Waals surface area contributed by atoms with Crippen molar-refractivity contribution >= 4 is 23.4 Å². The van der Waals surface area contributed by atoms with Crippen LogP contribution in [0.5, 0.6) is 0 Å². The Hall–Kier alpha value is -1.62. The molecule has 1 aromatic heterocycles. The second-order valence-electron chi connectivity index (χ2n) is 4.32. The van der Waals surface area contributed by atoms with Crippen LogP contribution in [0.2, 0.25) is 5.02 Å². The molecule has 2 heterocycles. The number of hydrogen-bond donors (Lipinski definition) is 2. The van der Waals surface area contributed by atoms with Crippen molar-refractivity contribution in [3.8, 4) is 0 Å². The number of nitrogens with one attached hydrogen (secondary N) is 2. The first-order valence-corrected chi connectivity index (χ1v) is 6.14. The van der Waals surface area contributed by atoms with Crippen molar-refractivity contribution in [2.24, 2.45) is 0 Å². The SMILES string of the molecule is Cc1cc(Cl)c(C(=O)NCC2CCC(=O)N2)cn1. The molecule has 1 aliphatic heterocycles. The molecule has 2 rings (SSSR count). The number of rotatable bonds is 3. The summed E-state index contributed by atoms with van der Waals surface area (Å²) in [5, 5.41) is 5.91. The minimum absolute atomic E-state index is 0.0126. The van der Waals surface area contributed by atoms with Crippen molar-refractivity contribution in [1.82, 2.24) is 15.6 Å². The second kappa shape index (κ2) is 5.35. The predicted octanol–water partition coefficient (Wildman–Crippen LogP) is 1.05. The van der Waals surface area contributed by atoms with Gasteiger partial charge in [0, 0.05) is 30.9 Å². The highest BCUT2D eigenvalue weighted by molar-refractivity contribution is 6.33. The van der Waals surface area contributed by atoms with Crippen molar-refractivity contribution in [3.63, 3.8) is 0 Å². The van der Waals surface area contributed by atoms with Gasteiger partial charge in [-0.3, -0.25) is 14.6 Å². The summed E-state index contributed by atoms with van der Waals surface area (Å²) in [7, 11) is 0. The van der Waals surface area contributed by atoms with Gasteiger partial charge in [0.25, 0.3) is 5.91 Å². The van der Waals surface area contributed by atoms with Crippen LogP contribution in [-0.2, 0) is 4.79 Å². The molecule has 1 saturated heterocycles. The number of aryl methyl sites for hydroxylation is 1. The lowest BCUT2D eigenvalue weighted by molar-refractivity contribution is -0.119. The Labute approximate surface area is 110 Å². The van der Waals surface area contributed by atoms with E-state index < -0.39 is 0 Å². The van der Waals surface area contributed by atoms with Crippen molar-refractivity contribution in [2.45, 2.75) is 25.8 Å². The molecule has 1 unspecified atom stereocenters. The molecule has 1 aromatic rings. The van der Waals surface area contributed by atoms with Crippen molar-refractivity contribution < 1.29 is 9.59 Å². The monoisotopic (exact) mass is 267 g/mol. The maximum absolute atomic E-state index is 11.9. The molecule has 0 aromatic carbocycles. The van der Waals surface area contributed by atoms with E-state index in [0.29, 0.717) is 23.6 Å². The Kier molecular flexibility index (Phi) is 3.81. The molecule has 1 fully saturated rings. The third-order valence-corrected chi connectivity index (χ3v) is 3.14. The number of pyridine rings is 1. The van der Waals surface area contributed by atoms with E-state index in [1.54, 1.807) is 6.07 Å². The van der Waals surface area contributed by atoms with E-state index in [1.807, 2.05) is 6.92 Å². The van der Waals surface area contributed by atoms with Gasteiger partial charge in [0.15, 0.2) is 0 Å². The van der Waals surface area contributed by atoms with E-state index in [0.717, 1.165) is 12.1 Å². The number of carbonyl (C=O) groups is 2. The lowest BCUT2D eigenvalue weighted by Crippen LogP contribution is -2.38. The molecular weight excluding hydrogens is 254 g/mol. The maximum atomic E-state index is 11.9. The summed E-state index contributed by atoms with van der Waals surface area (Å²) in [6, 6.07) is 1.66. The van der Waals surface area contributed by atoms with Crippen LogP contribution >= 0.6 is 11.6 Å². The van der Waals surface area contributed by atoms with Gasteiger partial charge >= 0.3 is 0 Å². The van der Waals surface area contributed by atoms with E-state index in [-0.39, 0.29) is 17.9 Å². The third-order valence-electron chi connectivity index (χ3n) is 2.83. The van der Waals surface area contributed by atoms with E-state index >= 15 is 0 Å². The topological polar surface area (TPSA) is 71.1 Å². The summed E-state index contributed by atoms with van der Waals surface area (Å²) in [6.07, 6.45) is 2.73. The first kappa shape index (κ1) is 12.8.